The third-order valence-electron chi connectivity index (χ3n) is 3.60. The van der Waals surface area contributed by atoms with Crippen LogP contribution in [0.4, 0.5) is 11.4 Å². The van der Waals surface area contributed by atoms with Gasteiger partial charge in [-0.1, -0.05) is 30.3 Å². The lowest BCUT2D eigenvalue weighted by Crippen LogP contribution is -2.22. The quantitative estimate of drug-likeness (QED) is 0.713. The highest BCUT2D eigenvalue weighted by Gasteiger charge is 2.09. The zero-order chi connectivity index (χ0) is 17.6. The molecule has 0 aliphatic carbocycles. The second-order valence-corrected chi connectivity index (χ2v) is 5.95. The van der Waals surface area contributed by atoms with Crippen LogP contribution in [0.3, 0.4) is 0 Å². The van der Waals surface area contributed by atoms with Gasteiger partial charge in [-0.2, -0.15) is 0 Å². The Kier molecular flexibility index (Phi) is 5.14. The number of para-hydroxylation sites is 3. The zero-order valence-electron chi connectivity index (χ0n) is 14.3. The Morgan fingerprint density at radius 1 is 1.04 bits per heavy atom. The summed E-state index contributed by atoms with van der Waals surface area (Å²) in [6.07, 6.45) is 1.79. The molecule has 0 aliphatic rings. The van der Waals surface area contributed by atoms with Crippen LogP contribution in [0.15, 0.2) is 60.8 Å². The molecule has 0 bridgehead atoms. The summed E-state index contributed by atoms with van der Waals surface area (Å²) in [4.78, 5) is 16.7. The molecule has 5 nitrogen and oxygen atoms in total. The monoisotopic (exact) mass is 335 g/mol. The van der Waals surface area contributed by atoms with Gasteiger partial charge in [0.2, 0.25) is 5.91 Å². The van der Waals surface area contributed by atoms with E-state index in [1.54, 1.807) is 6.20 Å². The van der Waals surface area contributed by atoms with Crippen LogP contribution in [0.5, 0.6) is 5.75 Å². The Bertz CT molecular complexity index is 872. The van der Waals surface area contributed by atoms with Crippen molar-refractivity contribution < 1.29 is 9.53 Å². The second kappa shape index (κ2) is 7.66. The van der Waals surface area contributed by atoms with Crippen molar-refractivity contribution in [1.29, 1.82) is 0 Å². The van der Waals surface area contributed by atoms with E-state index < -0.39 is 0 Å². The van der Waals surface area contributed by atoms with E-state index in [0.717, 1.165) is 22.3 Å². The molecule has 0 saturated carbocycles. The van der Waals surface area contributed by atoms with Crippen LogP contribution in [0, 0.1) is 0 Å². The molecule has 3 rings (SSSR count). The number of anilines is 2. The number of carbonyl (C=O) groups excluding carboxylic acids is 1. The molecule has 25 heavy (non-hydrogen) atoms. The summed E-state index contributed by atoms with van der Waals surface area (Å²) < 4.78 is 5.75. The number of hydrogen-bond acceptors (Lipinski definition) is 4. The van der Waals surface area contributed by atoms with Crippen LogP contribution >= 0.6 is 0 Å². The van der Waals surface area contributed by atoms with Gasteiger partial charge in [0.1, 0.15) is 5.75 Å². The van der Waals surface area contributed by atoms with Crippen LogP contribution in [0.25, 0.3) is 10.9 Å². The number of amides is 1. The van der Waals surface area contributed by atoms with E-state index >= 15 is 0 Å². The van der Waals surface area contributed by atoms with Gasteiger partial charge in [-0.05, 0) is 38.1 Å². The maximum Gasteiger partial charge on any atom is 0.243 e. The van der Waals surface area contributed by atoms with Crippen LogP contribution in [0.1, 0.15) is 13.8 Å². The summed E-state index contributed by atoms with van der Waals surface area (Å²) in [6, 6.07) is 17.2. The van der Waals surface area contributed by atoms with E-state index in [9.17, 15) is 4.79 Å². The van der Waals surface area contributed by atoms with Crippen molar-refractivity contribution in [2.75, 3.05) is 17.2 Å². The van der Waals surface area contributed by atoms with Crippen LogP contribution in [-0.4, -0.2) is 23.5 Å². The lowest BCUT2D eigenvalue weighted by atomic mass is 10.2. The standard InChI is InChI=1S/C20H21N3O2/c1-14(2)25-18-11-4-3-9-16(18)22-13-19(24)23-17-10-5-7-15-8-6-12-21-20(15)17/h3-12,14,22H,13H2,1-2H3,(H,23,24). The molecule has 0 unspecified atom stereocenters. The third-order valence-corrected chi connectivity index (χ3v) is 3.60. The highest BCUT2D eigenvalue weighted by Crippen LogP contribution is 2.25. The predicted molar refractivity (Wildman–Crippen MR) is 101 cm³/mol. The molecule has 0 fully saturated rings. The fraction of sp³-hybridized carbons (Fsp3) is 0.200. The Hall–Kier alpha value is -3.08. The first-order valence-electron chi connectivity index (χ1n) is 8.26. The van der Waals surface area contributed by atoms with Gasteiger partial charge in [-0.3, -0.25) is 9.78 Å². The molecule has 0 atom stereocenters. The molecule has 128 valence electrons. The molecule has 2 N–H and O–H groups in total. The minimum absolute atomic E-state index is 0.0681. The maximum atomic E-state index is 12.3. The summed E-state index contributed by atoms with van der Waals surface area (Å²) in [6.45, 7) is 4.08. The van der Waals surface area contributed by atoms with Crippen molar-refractivity contribution in [3.05, 3.63) is 60.8 Å². The lowest BCUT2D eigenvalue weighted by molar-refractivity contribution is -0.114. The fourth-order valence-corrected chi connectivity index (χ4v) is 2.54. The maximum absolute atomic E-state index is 12.3. The van der Waals surface area contributed by atoms with Crippen molar-refractivity contribution in [2.45, 2.75) is 20.0 Å². The van der Waals surface area contributed by atoms with Gasteiger partial charge < -0.3 is 15.4 Å². The van der Waals surface area contributed by atoms with Crippen LogP contribution in [0.2, 0.25) is 0 Å². The highest BCUT2D eigenvalue weighted by molar-refractivity contribution is 6.01. The minimum atomic E-state index is -0.141. The molecule has 0 saturated heterocycles. The Morgan fingerprint density at radius 2 is 1.80 bits per heavy atom. The second-order valence-electron chi connectivity index (χ2n) is 5.95. The number of fused-ring (bicyclic) bond motifs is 1. The van der Waals surface area contributed by atoms with E-state index in [2.05, 4.69) is 15.6 Å². The Balaban J connectivity index is 1.67. The van der Waals surface area contributed by atoms with Crippen molar-refractivity contribution in [3.8, 4) is 5.75 Å². The number of aromatic nitrogens is 1. The number of nitrogens with one attached hydrogen (secondary N) is 2. The molecule has 0 aliphatic heterocycles. The summed E-state index contributed by atoms with van der Waals surface area (Å²) in [5, 5.41) is 7.03. The van der Waals surface area contributed by atoms with Crippen LogP contribution in [-0.2, 0) is 4.79 Å². The Morgan fingerprint density at radius 3 is 2.64 bits per heavy atom. The molecule has 2 aromatic carbocycles. The first-order valence-corrected chi connectivity index (χ1v) is 8.26. The molecule has 0 radical (unpaired) electrons. The number of benzene rings is 2. The van der Waals surface area contributed by atoms with Gasteiger partial charge >= 0.3 is 0 Å². The summed E-state index contributed by atoms with van der Waals surface area (Å²) in [7, 11) is 0. The largest absolute Gasteiger partial charge is 0.489 e. The molecule has 1 amide bonds. The summed E-state index contributed by atoms with van der Waals surface area (Å²) in [5.41, 5.74) is 2.28. The average Bonchev–Trinajstić information content (AvgIpc) is 2.61. The highest BCUT2D eigenvalue weighted by atomic mass is 16.5. The number of nitrogens with zero attached hydrogens (tertiary/aromatic N) is 1. The summed E-state index contributed by atoms with van der Waals surface area (Å²) >= 11 is 0. The SMILES string of the molecule is CC(C)Oc1ccccc1NCC(=O)Nc1cccc2cccnc12. The molecular formula is C20H21N3O2. The van der Waals surface area contributed by atoms with Gasteiger partial charge in [0.05, 0.1) is 29.5 Å². The van der Waals surface area contributed by atoms with E-state index in [0.29, 0.717) is 5.69 Å². The zero-order valence-corrected chi connectivity index (χ0v) is 14.3. The predicted octanol–water partition coefficient (Wildman–Crippen LogP) is 4.07. The van der Waals surface area contributed by atoms with Gasteiger partial charge in [0, 0.05) is 11.6 Å². The Labute approximate surface area is 147 Å². The van der Waals surface area contributed by atoms with Gasteiger partial charge in [-0.25, -0.2) is 0 Å². The van der Waals surface area contributed by atoms with Crippen molar-refractivity contribution >= 4 is 28.2 Å². The van der Waals surface area contributed by atoms with Crippen molar-refractivity contribution in [1.82, 2.24) is 4.98 Å². The minimum Gasteiger partial charge on any atom is -0.489 e. The molecule has 1 heterocycles. The third kappa shape index (κ3) is 4.26. The van der Waals surface area contributed by atoms with E-state index in [4.69, 9.17) is 4.74 Å². The van der Waals surface area contributed by atoms with E-state index in [1.807, 2.05) is 68.4 Å². The van der Waals surface area contributed by atoms with E-state index in [1.165, 1.54) is 0 Å². The van der Waals surface area contributed by atoms with Crippen molar-refractivity contribution in [3.63, 3.8) is 0 Å². The lowest BCUT2D eigenvalue weighted by Gasteiger charge is -2.15. The first-order chi connectivity index (χ1) is 12.1. The fourth-order valence-electron chi connectivity index (χ4n) is 2.54. The topological polar surface area (TPSA) is 63.2 Å². The molecule has 5 heteroatoms. The average molecular weight is 335 g/mol. The van der Waals surface area contributed by atoms with E-state index in [-0.39, 0.29) is 18.6 Å². The number of rotatable bonds is 6. The van der Waals surface area contributed by atoms with Gasteiger partial charge in [-0.15, -0.1) is 0 Å². The number of carbonyl (C=O) groups is 1. The van der Waals surface area contributed by atoms with Crippen molar-refractivity contribution in [2.24, 2.45) is 0 Å². The van der Waals surface area contributed by atoms with Gasteiger partial charge in [0.25, 0.3) is 0 Å². The molecule has 3 aromatic rings. The number of ether oxygens (including phenoxy) is 1. The number of pyridine rings is 1. The number of hydrogen-bond donors (Lipinski definition) is 2. The molecule has 0 spiro atoms. The smallest absolute Gasteiger partial charge is 0.243 e. The van der Waals surface area contributed by atoms with Gasteiger partial charge in [0.15, 0.2) is 0 Å². The van der Waals surface area contributed by atoms with Crippen LogP contribution < -0.4 is 15.4 Å². The molecular weight excluding hydrogens is 314 g/mol. The normalized spacial score (nSPS) is 10.7. The first kappa shape index (κ1) is 16.8. The molecule has 1 aromatic heterocycles. The summed E-state index contributed by atoms with van der Waals surface area (Å²) in [5.74, 6) is 0.592.